The van der Waals surface area contributed by atoms with Gasteiger partial charge in [-0.1, -0.05) is 30.3 Å². The van der Waals surface area contributed by atoms with E-state index in [1.165, 1.54) is 5.56 Å². The molecule has 0 amide bonds. The Morgan fingerprint density at radius 3 is 2.64 bits per heavy atom. The van der Waals surface area contributed by atoms with E-state index >= 15 is 0 Å². The Bertz CT molecular complexity index is 922. The molecule has 0 radical (unpaired) electrons. The highest BCUT2D eigenvalue weighted by Crippen LogP contribution is 2.27. The number of hydrogen-bond acceptors (Lipinski definition) is 4. The highest BCUT2D eigenvalue weighted by molar-refractivity contribution is 5.77. The second kappa shape index (κ2) is 9.45. The summed E-state index contributed by atoms with van der Waals surface area (Å²) in [6.07, 6.45) is 5.53. The molecule has 0 fully saturated rings. The molecule has 7 heteroatoms. The number of guanidine groups is 1. The molecule has 0 aliphatic rings. The summed E-state index contributed by atoms with van der Waals surface area (Å²) in [6.45, 7) is 1.85. The lowest BCUT2D eigenvalue weighted by Crippen LogP contribution is -2.31. The summed E-state index contributed by atoms with van der Waals surface area (Å²) in [6, 6.07) is 14.0. The number of rotatable bonds is 8. The molecule has 0 aliphatic heterocycles. The minimum Gasteiger partial charge on any atom is -0.493 e. The second-order valence-corrected chi connectivity index (χ2v) is 6.30. The first kappa shape index (κ1) is 19.3. The predicted molar refractivity (Wildman–Crippen MR) is 109 cm³/mol. The molecule has 0 aliphatic carbocycles. The molecule has 1 aromatic heterocycles. The van der Waals surface area contributed by atoms with Crippen molar-refractivity contribution >= 4 is 5.96 Å². The maximum absolute atomic E-state index is 6.01. The molecule has 7 nitrogen and oxygen atoms in total. The first-order chi connectivity index (χ1) is 13.7. The number of nitrogens with two attached hydrogens (primary N) is 1. The van der Waals surface area contributed by atoms with Gasteiger partial charge in [0, 0.05) is 25.5 Å². The van der Waals surface area contributed by atoms with Gasteiger partial charge in [0.25, 0.3) is 0 Å². The molecule has 0 saturated carbocycles. The van der Waals surface area contributed by atoms with Crippen LogP contribution < -0.4 is 20.5 Å². The molecule has 0 atom stereocenters. The third kappa shape index (κ3) is 5.26. The van der Waals surface area contributed by atoms with Crippen LogP contribution in [0, 0.1) is 0 Å². The van der Waals surface area contributed by atoms with Crippen LogP contribution in [0.15, 0.2) is 66.2 Å². The van der Waals surface area contributed by atoms with E-state index < -0.39 is 0 Å². The van der Waals surface area contributed by atoms with E-state index in [0.717, 1.165) is 17.7 Å². The Morgan fingerprint density at radius 1 is 1.07 bits per heavy atom. The van der Waals surface area contributed by atoms with Gasteiger partial charge in [-0.2, -0.15) is 0 Å². The predicted octanol–water partition coefficient (Wildman–Crippen LogP) is 2.55. The number of aromatic nitrogens is 2. The van der Waals surface area contributed by atoms with Crippen molar-refractivity contribution in [3.05, 3.63) is 77.9 Å². The van der Waals surface area contributed by atoms with Crippen molar-refractivity contribution in [1.29, 1.82) is 0 Å². The zero-order valence-electron chi connectivity index (χ0n) is 16.1. The van der Waals surface area contributed by atoms with E-state index in [4.69, 9.17) is 15.2 Å². The second-order valence-electron chi connectivity index (χ2n) is 6.30. The average molecular weight is 379 g/mol. The maximum atomic E-state index is 6.01. The molecular weight excluding hydrogens is 354 g/mol. The van der Waals surface area contributed by atoms with E-state index in [1.807, 2.05) is 41.1 Å². The Kier molecular flexibility index (Phi) is 6.51. The molecule has 0 saturated heterocycles. The van der Waals surface area contributed by atoms with Gasteiger partial charge in [-0.15, -0.1) is 0 Å². The number of aliphatic imine (C=N–C) groups is 1. The van der Waals surface area contributed by atoms with Crippen LogP contribution in [0.25, 0.3) is 0 Å². The van der Waals surface area contributed by atoms with Gasteiger partial charge in [0.05, 0.1) is 27.1 Å². The number of methoxy groups -OCH3 is 2. The summed E-state index contributed by atoms with van der Waals surface area (Å²) >= 11 is 0. The summed E-state index contributed by atoms with van der Waals surface area (Å²) < 4.78 is 12.6. The Balaban J connectivity index is 1.56. The number of hydrogen-bond donors (Lipinski definition) is 2. The summed E-state index contributed by atoms with van der Waals surface area (Å²) in [7, 11) is 3.23. The molecule has 3 N–H and O–H groups in total. The molecule has 146 valence electrons. The van der Waals surface area contributed by atoms with Crippen LogP contribution in [0.1, 0.15) is 16.7 Å². The van der Waals surface area contributed by atoms with Crippen LogP contribution in [-0.4, -0.2) is 29.7 Å². The smallest absolute Gasteiger partial charge is 0.189 e. The molecule has 1 heterocycles. The van der Waals surface area contributed by atoms with Gasteiger partial charge < -0.3 is 25.1 Å². The molecule has 3 aromatic rings. The highest BCUT2D eigenvalue weighted by atomic mass is 16.5. The van der Waals surface area contributed by atoms with Gasteiger partial charge in [0.1, 0.15) is 0 Å². The minimum atomic E-state index is 0.398. The van der Waals surface area contributed by atoms with E-state index in [2.05, 4.69) is 27.4 Å². The van der Waals surface area contributed by atoms with E-state index in [1.54, 1.807) is 26.7 Å². The zero-order valence-corrected chi connectivity index (χ0v) is 16.1. The van der Waals surface area contributed by atoms with Gasteiger partial charge in [-0.25, -0.2) is 9.98 Å². The van der Waals surface area contributed by atoms with Crippen LogP contribution in [0.5, 0.6) is 11.5 Å². The van der Waals surface area contributed by atoms with Crippen molar-refractivity contribution in [3.8, 4) is 11.5 Å². The van der Waals surface area contributed by atoms with Gasteiger partial charge in [0.15, 0.2) is 17.5 Å². The van der Waals surface area contributed by atoms with Gasteiger partial charge >= 0.3 is 0 Å². The molecule has 0 unspecified atom stereocenters. The minimum absolute atomic E-state index is 0.398. The van der Waals surface area contributed by atoms with E-state index in [0.29, 0.717) is 30.5 Å². The van der Waals surface area contributed by atoms with E-state index in [9.17, 15) is 0 Å². The lowest BCUT2D eigenvalue weighted by atomic mass is 10.1. The highest BCUT2D eigenvalue weighted by Gasteiger charge is 2.05. The van der Waals surface area contributed by atoms with Crippen molar-refractivity contribution in [3.63, 3.8) is 0 Å². The van der Waals surface area contributed by atoms with E-state index in [-0.39, 0.29) is 0 Å². The Morgan fingerprint density at radius 2 is 1.89 bits per heavy atom. The van der Waals surface area contributed by atoms with Crippen LogP contribution in [-0.2, 0) is 19.6 Å². The maximum Gasteiger partial charge on any atom is 0.189 e. The van der Waals surface area contributed by atoms with Gasteiger partial charge in [-0.05, 0) is 28.8 Å². The number of nitrogens with one attached hydrogen (secondary N) is 1. The molecule has 28 heavy (non-hydrogen) atoms. The summed E-state index contributed by atoms with van der Waals surface area (Å²) in [5.41, 5.74) is 9.34. The van der Waals surface area contributed by atoms with Gasteiger partial charge in [0.2, 0.25) is 0 Å². The first-order valence-electron chi connectivity index (χ1n) is 8.96. The molecule has 2 aromatic carbocycles. The number of imidazole rings is 1. The number of nitrogens with zero attached hydrogens (tertiary/aromatic N) is 3. The van der Waals surface area contributed by atoms with Crippen molar-refractivity contribution in [2.45, 2.75) is 19.6 Å². The summed E-state index contributed by atoms with van der Waals surface area (Å²) in [4.78, 5) is 8.50. The normalized spacial score (nSPS) is 11.3. The average Bonchev–Trinajstić information content (AvgIpc) is 3.23. The largest absolute Gasteiger partial charge is 0.493 e. The lowest BCUT2D eigenvalue weighted by Gasteiger charge is -2.11. The fourth-order valence-electron chi connectivity index (χ4n) is 2.83. The van der Waals surface area contributed by atoms with Crippen molar-refractivity contribution in [1.82, 2.24) is 14.9 Å². The summed E-state index contributed by atoms with van der Waals surface area (Å²) in [5, 5.41) is 3.13. The van der Waals surface area contributed by atoms with Crippen molar-refractivity contribution in [2.24, 2.45) is 10.7 Å². The van der Waals surface area contributed by atoms with Crippen molar-refractivity contribution < 1.29 is 9.47 Å². The monoisotopic (exact) mass is 379 g/mol. The van der Waals surface area contributed by atoms with Gasteiger partial charge in [-0.3, -0.25) is 0 Å². The summed E-state index contributed by atoms with van der Waals surface area (Å²) in [5.74, 6) is 1.78. The fourth-order valence-corrected chi connectivity index (χ4v) is 2.83. The van der Waals surface area contributed by atoms with Crippen LogP contribution in [0.3, 0.4) is 0 Å². The van der Waals surface area contributed by atoms with Crippen LogP contribution in [0.4, 0.5) is 0 Å². The van der Waals surface area contributed by atoms with Crippen molar-refractivity contribution in [2.75, 3.05) is 14.2 Å². The molecule has 0 spiro atoms. The number of ether oxygens (including phenoxy) is 2. The standard InChI is InChI=1S/C21H25N5O2/c1-27-19-7-6-17(11-20(19)28-2)13-25-21(22)24-12-16-4-3-5-18(10-16)14-26-9-8-23-15-26/h3-11,15H,12-14H2,1-2H3,(H3,22,24,25). The Hall–Kier alpha value is -3.48. The molecular formula is C21H25N5O2. The molecule has 3 rings (SSSR count). The SMILES string of the molecule is COc1ccc(CNC(N)=NCc2cccc(Cn3ccnc3)c2)cc1OC. The zero-order chi connectivity index (χ0) is 19.8. The fraction of sp³-hybridized carbons (Fsp3) is 0.238. The first-order valence-corrected chi connectivity index (χ1v) is 8.96. The lowest BCUT2D eigenvalue weighted by molar-refractivity contribution is 0.354. The third-order valence-corrected chi connectivity index (χ3v) is 4.27. The quantitative estimate of drug-likeness (QED) is 0.464. The topological polar surface area (TPSA) is 86.7 Å². The Labute approximate surface area is 164 Å². The number of benzene rings is 2. The van der Waals surface area contributed by atoms with Crippen LogP contribution >= 0.6 is 0 Å². The molecule has 0 bridgehead atoms. The van der Waals surface area contributed by atoms with Crippen LogP contribution in [0.2, 0.25) is 0 Å². The third-order valence-electron chi connectivity index (χ3n) is 4.27.